The van der Waals surface area contributed by atoms with Crippen LogP contribution in [0.25, 0.3) is 11.1 Å². The Kier molecular flexibility index (Phi) is 6.91. The molecule has 0 heterocycles. The van der Waals surface area contributed by atoms with Crippen LogP contribution in [0.1, 0.15) is 16.7 Å². The van der Waals surface area contributed by atoms with E-state index in [1.165, 1.54) is 0 Å². The van der Waals surface area contributed by atoms with Gasteiger partial charge in [-0.1, -0.05) is 78.7 Å². The summed E-state index contributed by atoms with van der Waals surface area (Å²) in [5.41, 5.74) is 10.5. The van der Waals surface area contributed by atoms with Crippen LogP contribution in [0.4, 0.5) is 5.69 Å². The minimum atomic E-state index is -3.49. The quantitative estimate of drug-likeness (QED) is 0.318. The molecule has 0 saturated carbocycles. The zero-order chi connectivity index (χ0) is 24.0. The van der Waals surface area contributed by atoms with Gasteiger partial charge in [-0.3, -0.25) is 4.79 Å². The molecule has 4 aromatic rings. The summed E-state index contributed by atoms with van der Waals surface area (Å²) in [5, 5.41) is 0. The lowest BCUT2D eigenvalue weighted by molar-refractivity contribution is -0.113. The summed E-state index contributed by atoms with van der Waals surface area (Å²) in [4.78, 5) is 12.4. The molecular weight excluding hydrogens is 442 g/mol. The number of carbonyl (C=O) groups excluding carboxylic acids is 1. The fourth-order valence-electron chi connectivity index (χ4n) is 3.53. The summed E-state index contributed by atoms with van der Waals surface area (Å²) in [6.45, 7) is 0. The molecule has 0 aliphatic heterocycles. The third-order valence-electron chi connectivity index (χ3n) is 5.38. The van der Waals surface area contributed by atoms with Crippen molar-refractivity contribution >= 4 is 21.3 Å². The predicted octanol–water partition coefficient (Wildman–Crippen LogP) is 5.07. The van der Waals surface area contributed by atoms with Gasteiger partial charge in [0, 0.05) is 17.7 Å². The van der Waals surface area contributed by atoms with E-state index in [1.807, 2.05) is 54.6 Å². The van der Waals surface area contributed by atoms with Crippen molar-refractivity contribution in [3.63, 3.8) is 0 Å². The molecule has 0 bridgehead atoms. The number of hydrogen-bond donors (Lipinski definition) is 1. The van der Waals surface area contributed by atoms with E-state index in [0.29, 0.717) is 16.8 Å². The molecule has 0 atom stereocenters. The Balaban J connectivity index is 1.41. The highest BCUT2D eigenvalue weighted by Crippen LogP contribution is 2.23. The first kappa shape index (κ1) is 23.0. The zero-order valence-electron chi connectivity index (χ0n) is 18.4. The third-order valence-corrected chi connectivity index (χ3v) is 7.09. The first-order valence-corrected chi connectivity index (χ1v) is 12.4. The maximum absolute atomic E-state index is 12.9. The van der Waals surface area contributed by atoms with Crippen molar-refractivity contribution in [2.45, 2.75) is 17.1 Å². The highest BCUT2D eigenvalue weighted by Gasteiger charge is 2.15. The topological polar surface area (TPSA) is 77.2 Å². The molecule has 0 amide bonds. The van der Waals surface area contributed by atoms with Crippen molar-refractivity contribution in [2.24, 2.45) is 0 Å². The average Bonchev–Trinajstić information content (AvgIpc) is 2.85. The third kappa shape index (κ3) is 5.80. The molecule has 0 aliphatic rings. The van der Waals surface area contributed by atoms with E-state index < -0.39 is 9.84 Å². The maximum Gasteiger partial charge on any atom is 0.210 e. The van der Waals surface area contributed by atoms with Crippen LogP contribution < -0.4 is 5.73 Å². The smallest absolute Gasteiger partial charge is 0.210 e. The van der Waals surface area contributed by atoms with Crippen LogP contribution in [0.5, 0.6) is 0 Å². The van der Waals surface area contributed by atoms with Gasteiger partial charge in [-0.25, -0.2) is 8.42 Å². The SMILES string of the molecule is Nc1ccccc1CC(=O)C#Cc1ccc(CS(=O)(=O)c2ccc(-c3ccccc3)cc2)cc1. The second-order valence-electron chi connectivity index (χ2n) is 7.90. The van der Waals surface area contributed by atoms with E-state index in [1.54, 1.807) is 48.5 Å². The van der Waals surface area contributed by atoms with Gasteiger partial charge < -0.3 is 5.73 Å². The van der Waals surface area contributed by atoms with Gasteiger partial charge >= 0.3 is 0 Å². The zero-order valence-corrected chi connectivity index (χ0v) is 19.3. The number of nitrogens with two attached hydrogens (primary N) is 1. The van der Waals surface area contributed by atoms with Crippen molar-refractivity contribution in [1.82, 2.24) is 0 Å². The van der Waals surface area contributed by atoms with Crippen LogP contribution in [0.2, 0.25) is 0 Å². The number of para-hydroxylation sites is 1. The summed E-state index contributed by atoms with van der Waals surface area (Å²) in [7, 11) is -3.49. The number of nitrogen functional groups attached to an aromatic ring is 1. The van der Waals surface area contributed by atoms with Gasteiger partial charge in [0.1, 0.15) is 0 Å². The molecular formula is C29H23NO3S. The maximum atomic E-state index is 12.9. The molecule has 0 aromatic heterocycles. The van der Waals surface area contributed by atoms with Crippen LogP contribution in [-0.2, 0) is 26.8 Å². The number of carbonyl (C=O) groups is 1. The standard InChI is InChI=1S/C29H23NO3S/c30-29-9-5-4-8-26(29)20-27(31)17-14-22-10-12-23(13-11-22)21-34(32,33)28-18-15-25(16-19-28)24-6-2-1-3-7-24/h1-13,15-16,18-19H,20-21,30H2. The van der Waals surface area contributed by atoms with E-state index in [0.717, 1.165) is 16.7 Å². The molecule has 168 valence electrons. The fraction of sp³-hybridized carbons (Fsp3) is 0.0690. The van der Waals surface area contributed by atoms with Crippen LogP contribution in [0.15, 0.2) is 108 Å². The molecule has 4 aromatic carbocycles. The molecule has 0 spiro atoms. The Morgan fingerprint density at radius 2 is 1.35 bits per heavy atom. The highest BCUT2D eigenvalue weighted by atomic mass is 32.2. The number of ketones is 1. The number of anilines is 1. The van der Waals surface area contributed by atoms with Crippen LogP contribution in [-0.4, -0.2) is 14.2 Å². The monoisotopic (exact) mass is 465 g/mol. The van der Waals surface area contributed by atoms with Gasteiger partial charge in [0.05, 0.1) is 10.6 Å². The van der Waals surface area contributed by atoms with Gasteiger partial charge in [-0.15, -0.1) is 0 Å². The number of rotatable bonds is 6. The second-order valence-corrected chi connectivity index (χ2v) is 9.88. The molecule has 34 heavy (non-hydrogen) atoms. The predicted molar refractivity (Wildman–Crippen MR) is 136 cm³/mol. The van der Waals surface area contributed by atoms with Crippen LogP contribution >= 0.6 is 0 Å². The normalized spacial score (nSPS) is 10.8. The molecule has 4 nitrogen and oxygen atoms in total. The molecule has 0 aliphatic carbocycles. The Labute approximate surface area is 200 Å². The van der Waals surface area contributed by atoms with Crippen molar-refractivity contribution in [1.29, 1.82) is 0 Å². The molecule has 5 heteroatoms. The largest absolute Gasteiger partial charge is 0.398 e. The van der Waals surface area contributed by atoms with E-state index >= 15 is 0 Å². The minimum Gasteiger partial charge on any atom is -0.398 e. The summed E-state index contributed by atoms with van der Waals surface area (Å²) in [5.74, 6) is 5.12. The molecule has 4 rings (SSSR count). The van der Waals surface area contributed by atoms with Crippen molar-refractivity contribution in [2.75, 3.05) is 5.73 Å². The minimum absolute atomic E-state index is 0.113. The van der Waals surface area contributed by atoms with Gasteiger partial charge in [-0.2, -0.15) is 0 Å². The average molecular weight is 466 g/mol. The lowest BCUT2D eigenvalue weighted by atomic mass is 10.1. The molecule has 0 fully saturated rings. The number of hydrogen-bond acceptors (Lipinski definition) is 4. The lowest BCUT2D eigenvalue weighted by Gasteiger charge is -2.07. The summed E-state index contributed by atoms with van der Waals surface area (Å²) in [6, 6.07) is 30.8. The Bertz CT molecular complexity index is 1460. The summed E-state index contributed by atoms with van der Waals surface area (Å²) in [6.07, 6.45) is 0.152. The number of Topliss-reactive ketones (excluding diaryl/α,β-unsaturated/α-hetero) is 1. The number of sulfone groups is 1. The Hall–Kier alpha value is -4.14. The summed E-state index contributed by atoms with van der Waals surface area (Å²) < 4.78 is 25.7. The van der Waals surface area contributed by atoms with E-state index in [9.17, 15) is 13.2 Å². The van der Waals surface area contributed by atoms with E-state index in [2.05, 4.69) is 11.8 Å². The van der Waals surface area contributed by atoms with Crippen molar-refractivity contribution in [3.05, 3.63) is 120 Å². The van der Waals surface area contributed by atoms with Gasteiger partial charge in [-0.05, 0) is 58.5 Å². The van der Waals surface area contributed by atoms with Crippen molar-refractivity contribution < 1.29 is 13.2 Å². The second kappa shape index (κ2) is 10.2. The van der Waals surface area contributed by atoms with Gasteiger partial charge in [0.15, 0.2) is 9.84 Å². The fourth-order valence-corrected chi connectivity index (χ4v) is 4.88. The Morgan fingerprint density at radius 1 is 0.735 bits per heavy atom. The Morgan fingerprint density at radius 3 is 2.03 bits per heavy atom. The van der Waals surface area contributed by atoms with Crippen molar-refractivity contribution in [3.8, 4) is 23.0 Å². The van der Waals surface area contributed by atoms with Gasteiger partial charge in [0.2, 0.25) is 5.78 Å². The molecule has 2 N–H and O–H groups in total. The number of benzene rings is 4. The van der Waals surface area contributed by atoms with E-state index in [-0.39, 0.29) is 22.9 Å². The summed E-state index contributed by atoms with van der Waals surface area (Å²) >= 11 is 0. The van der Waals surface area contributed by atoms with Crippen LogP contribution in [0, 0.1) is 11.8 Å². The first-order valence-electron chi connectivity index (χ1n) is 10.8. The van der Waals surface area contributed by atoms with Crippen LogP contribution in [0.3, 0.4) is 0 Å². The first-order chi connectivity index (χ1) is 16.4. The molecule has 0 radical (unpaired) electrons. The van der Waals surface area contributed by atoms with E-state index in [4.69, 9.17) is 5.73 Å². The highest BCUT2D eigenvalue weighted by molar-refractivity contribution is 7.90. The lowest BCUT2D eigenvalue weighted by Crippen LogP contribution is -2.05. The molecule has 0 saturated heterocycles. The van der Waals surface area contributed by atoms with Gasteiger partial charge in [0.25, 0.3) is 0 Å². The molecule has 0 unspecified atom stereocenters.